The average Bonchev–Trinajstić information content (AvgIpc) is 2.61. The summed E-state index contributed by atoms with van der Waals surface area (Å²) in [4.78, 5) is 25.5. The standard InChI is InChI=1S/C19H20ClFN2O3/c1-23(2)14-8-6-13(7-9-14)11-22-18(24)12-26-19(25)10-15-16(20)4-3-5-17(15)21/h3-9H,10-12H2,1-2H3,(H,22,24). The Balaban J connectivity index is 1.77. The van der Waals surface area contributed by atoms with E-state index in [0.29, 0.717) is 6.54 Å². The van der Waals surface area contributed by atoms with Gasteiger partial charge in [0, 0.05) is 36.9 Å². The Morgan fingerprint density at radius 3 is 2.46 bits per heavy atom. The zero-order valence-electron chi connectivity index (χ0n) is 14.6. The third kappa shape index (κ3) is 5.74. The van der Waals surface area contributed by atoms with Crippen molar-refractivity contribution in [2.75, 3.05) is 25.6 Å². The van der Waals surface area contributed by atoms with E-state index in [1.807, 2.05) is 43.3 Å². The molecule has 0 aliphatic heterocycles. The van der Waals surface area contributed by atoms with Crippen molar-refractivity contribution in [2.24, 2.45) is 0 Å². The fourth-order valence-electron chi connectivity index (χ4n) is 2.21. The summed E-state index contributed by atoms with van der Waals surface area (Å²) in [5.74, 6) is -1.74. The summed E-state index contributed by atoms with van der Waals surface area (Å²) < 4.78 is 18.5. The molecule has 5 nitrogen and oxygen atoms in total. The third-order valence-electron chi connectivity index (χ3n) is 3.69. The number of amides is 1. The van der Waals surface area contributed by atoms with Crippen molar-refractivity contribution in [1.82, 2.24) is 5.32 Å². The zero-order valence-corrected chi connectivity index (χ0v) is 15.3. The molecular formula is C19H20ClFN2O3. The summed E-state index contributed by atoms with van der Waals surface area (Å²) in [5.41, 5.74) is 2.04. The Bertz CT molecular complexity index is 759. The van der Waals surface area contributed by atoms with Crippen LogP contribution in [0.15, 0.2) is 42.5 Å². The number of anilines is 1. The molecule has 7 heteroatoms. The summed E-state index contributed by atoms with van der Waals surface area (Å²) in [6, 6.07) is 11.8. The van der Waals surface area contributed by atoms with Crippen LogP contribution in [0.4, 0.5) is 10.1 Å². The van der Waals surface area contributed by atoms with Crippen LogP contribution in [0.1, 0.15) is 11.1 Å². The predicted octanol–water partition coefficient (Wildman–Crippen LogP) is 2.95. The number of carbonyl (C=O) groups is 2. The highest BCUT2D eigenvalue weighted by Crippen LogP contribution is 2.19. The van der Waals surface area contributed by atoms with Crippen molar-refractivity contribution >= 4 is 29.2 Å². The molecule has 0 atom stereocenters. The molecule has 0 fully saturated rings. The maximum Gasteiger partial charge on any atom is 0.310 e. The Morgan fingerprint density at radius 2 is 1.85 bits per heavy atom. The van der Waals surface area contributed by atoms with Gasteiger partial charge in [-0.3, -0.25) is 9.59 Å². The molecule has 0 saturated carbocycles. The van der Waals surface area contributed by atoms with Gasteiger partial charge in [0.25, 0.3) is 5.91 Å². The number of nitrogens with one attached hydrogen (secondary N) is 1. The molecule has 0 aromatic heterocycles. The molecule has 2 rings (SSSR count). The van der Waals surface area contributed by atoms with Gasteiger partial charge in [-0.25, -0.2) is 4.39 Å². The second-order valence-corrected chi connectivity index (χ2v) is 6.28. The topological polar surface area (TPSA) is 58.6 Å². The predicted molar refractivity (Wildman–Crippen MR) is 98.7 cm³/mol. The normalized spacial score (nSPS) is 10.3. The minimum atomic E-state index is -0.720. The van der Waals surface area contributed by atoms with Crippen LogP contribution in [-0.2, 0) is 27.3 Å². The van der Waals surface area contributed by atoms with Crippen molar-refractivity contribution in [3.63, 3.8) is 0 Å². The van der Waals surface area contributed by atoms with Gasteiger partial charge < -0.3 is 15.0 Å². The van der Waals surface area contributed by atoms with Crippen LogP contribution >= 0.6 is 11.6 Å². The quantitative estimate of drug-likeness (QED) is 0.752. The summed E-state index contributed by atoms with van der Waals surface area (Å²) in [6.45, 7) is -0.107. The summed E-state index contributed by atoms with van der Waals surface area (Å²) in [6.07, 6.45) is -0.329. The van der Waals surface area contributed by atoms with E-state index < -0.39 is 24.3 Å². The van der Waals surface area contributed by atoms with Gasteiger partial charge in [-0.1, -0.05) is 29.8 Å². The Morgan fingerprint density at radius 1 is 1.15 bits per heavy atom. The van der Waals surface area contributed by atoms with E-state index in [4.69, 9.17) is 16.3 Å². The molecule has 0 spiro atoms. The molecule has 0 saturated heterocycles. The molecule has 0 heterocycles. The first-order valence-corrected chi connectivity index (χ1v) is 8.36. The minimum Gasteiger partial charge on any atom is -0.455 e. The minimum absolute atomic E-state index is 0.0561. The number of hydrogen-bond donors (Lipinski definition) is 1. The number of nitrogens with zero attached hydrogens (tertiary/aromatic N) is 1. The van der Waals surface area contributed by atoms with E-state index >= 15 is 0 Å². The molecule has 0 bridgehead atoms. The van der Waals surface area contributed by atoms with Crippen LogP contribution in [0, 0.1) is 5.82 Å². The summed E-state index contributed by atoms with van der Waals surface area (Å²) >= 11 is 5.85. The molecule has 0 radical (unpaired) electrons. The molecule has 2 aromatic carbocycles. The van der Waals surface area contributed by atoms with Crippen molar-refractivity contribution in [3.05, 3.63) is 64.4 Å². The maximum absolute atomic E-state index is 13.6. The highest BCUT2D eigenvalue weighted by Gasteiger charge is 2.14. The molecule has 0 aliphatic carbocycles. The van der Waals surface area contributed by atoms with E-state index in [-0.39, 0.29) is 17.0 Å². The van der Waals surface area contributed by atoms with Gasteiger partial charge >= 0.3 is 5.97 Å². The largest absolute Gasteiger partial charge is 0.455 e. The average molecular weight is 379 g/mol. The molecular weight excluding hydrogens is 359 g/mol. The molecule has 1 amide bonds. The number of rotatable bonds is 7. The van der Waals surface area contributed by atoms with Crippen molar-refractivity contribution in [1.29, 1.82) is 0 Å². The molecule has 138 valence electrons. The van der Waals surface area contributed by atoms with Gasteiger partial charge in [-0.2, -0.15) is 0 Å². The number of carbonyl (C=O) groups excluding carboxylic acids is 2. The first-order valence-electron chi connectivity index (χ1n) is 7.98. The number of halogens is 2. The van der Waals surface area contributed by atoms with Gasteiger partial charge in [0.15, 0.2) is 6.61 Å². The summed E-state index contributed by atoms with van der Waals surface area (Å²) in [7, 11) is 3.89. The number of ether oxygens (including phenoxy) is 1. The van der Waals surface area contributed by atoms with Gasteiger partial charge in [0.1, 0.15) is 5.82 Å². The fourth-order valence-corrected chi connectivity index (χ4v) is 2.44. The van der Waals surface area contributed by atoms with Gasteiger partial charge in [-0.05, 0) is 29.8 Å². The monoisotopic (exact) mass is 378 g/mol. The molecule has 0 aliphatic rings. The third-order valence-corrected chi connectivity index (χ3v) is 4.04. The first kappa shape index (κ1) is 19.7. The lowest BCUT2D eigenvalue weighted by molar-refractivity contribution is -0.147. The van der Waals surface area contributed by atoms with Gasteiger partial charge in [0.05, 0.1) is 6.42 Å². The highest BCUT2D eigenvalue weighted by atomic mass is 35.5. The van der Waals surface area contributed by atoms with Crippen molar-refractivity contribution in [3.8, 4) is 0 Å². The van der Waals surface area contributed by atoms with Crippen molar-refractivity contribution in [2.45, 2.75) is 13.0 Å². The van der Waals surface area contributed by atoms with Crippen LogP contribution in [0.2, 0.25) is 5.02 Å². The lowest BCUT2D eigenvalue weighted by Gasteiger charge is -2.13. The first-order chi connectivity index (χ1) is 12.4. The Hall–Kier alpha value is -2.60. The van der Waals surface area contributed by atoms with Crippen LogP contribution in [0.25, 0.3) is 0 Å². The molecule has 2 aromatic rings. The lowest BCUT2D eigenvalue weighted by Crippen LogP contribution is -2.28. The number of benzene rings is 2. The van der Waals surface area contributed by atoms with E-state index in [2.05, 4.69) is 5.32 Å². The van der Waals surface area contributed by atoms with Gasteiger partial charge in [0.2, 0.25) is 0 Å². The zero-order chi connectivity index (χ0) is 19.1. The van der Waals surface area contributed by atoms with E-state index in [1.165, 1.54) is 18.2 Å². The molecule has 26 heavy (non-hydrogen) atoms. The Labute approximate surface area is 156 Å². The van der Waals surface area contributed by atoms with Crippen LogP contribution < -0.4 is 10.2 Å². The fraction of sp³-hybridized carbons (Fsp3) is 0.263. The smallest absolute Gasteiger partial charge is 0.310 e. The van der Waals surface area contributed by atoms with E-state index in [9.17, 15) is 14.0 Å². The summed E-state index contributed by atoms with van der Waals surface area (Å²) in [5, 5.41) is 2.81. The maximum atomic E-state index is 13.6. The van der Waals surface area contributed by atoms with E-state index in [1.54, 1.807) is 0 Å². The van der Waals surface area contributed by atoms with Crippen molar-refractivity contribution < 1.29 is 18.7 Å². The second-order valence-electron chi connectivity index (χ2n) is 5.88. The highest BCUT2D eigenvalue weighted by molar-refractivity contribution is 6.31. The van der Waals surface area contributed by atoms with E-state index in [0.717, 1.165) is 11.3 Å². The van der Waals surface area contributed by atoms with Crippen LogP contribution in [-0.4, -0.2) is 32.6 Å². The van der Waals surface area contributed by atoms with Crippen LogP contribution in [0.5, 0.6) is 0 Å². The SMILES string of the molecule is CN(C)c1ccc(CNC(=O)COC(=O)Cc2c(F)cccc2Cl)cc1. The lowest BCUT2D eigenvalue weighted by atomic mass is 10.1. The Kier molecular flexibility index (Phi) is 6.97. The molecule has 0 unspecified atom stereocenters. The number of hydrogen-bond acceptors (Lipinski definition) is 4. The van der Waals surface area contributed by atoms with Crippen LogP contribution in [0.3, 0.4) is 0 Å². The molecule has 1 N–H and O–H groups in total. The second kappa shape index (κ2) is 9.20. The van der Waals surface area contributed by atoms with Gasteiger partial charge in [-0.15, -0.1) is 0 Å². The number of esters is 1.